The normalized spacial score (nSPS) is 15.7. The first-order valence-corrected chi connectivity index (χ1v) is 10.6. The maximum absolute atomic E-state index is 5.97. The van der Waals surface area contributed by atoms with Crippen LogP contribution in [0.2, 0.25) is 0 Å². The fourth-order valence-corrected chi connectivity index (χ4v) is 4.15. The van der Waals surface area contributed by atoms with Crippen molar-refractivity contribution < 1.29 is 14.0 Å². The number of likely N-dealkylation sites (tertiary alicyclic amines) is 1. The molecule has 1 fully saturated rings. The van der Waals surface area contributed by atoms with E-state index in [2.05, 4.69) is 41.2 Å². The number of methoxy groups -OCH3 is 1. The first kappa shape index (κ1) is 19.8. The molecule has 1 saturated heterocycles. The molecule has 0 spiro atoms. The molecule has 5 heteroatoms. The molecule has 0 amide bonds. The average Bonchev–Trinajstić information content (AvgIpc) is 3.21. The predicted molar refractivity (Wildman–Crippen MR) is 115 cm³/mol. The molecule has 5 nitrogen and oxygen atoms in total. The third-order valence-electron chi connectivity index (χ3n) is 5.89. The standard InChI is InChI=1S/C24H30N2O3/c1-3-18-9-10-22(23(17-18)27-2)28-16-6-13-26-14-11-19(12-15-26)24-20-7-4-5-8-21(20)29-25-24/h4-5,7-10,17,19H,3,6,11-16H2,1-2H3. The Morgan fingerprint density at radius 1 is 1.10 bits per heavy atom. The van der Waals surface area contributed by atoms with E-state index < -0.39 is 0 Å². The van der Waals surface area contributed by atoms with Crippen LogP contribution in [0.15, 0.2) is 47.0 Å². The van der Waals surface area contributed by atoms with Crippen LogP contribution in [0, 0.1) is 0 Å². The summed E-state index contributed by atoms with van der Waals surface area (Å²) in [5, 5.41) is 5.53. The summed E-state index contributed by atoms with van der Waals surface area (Å²) in [7, 11) is 1.70. The van der Waals surface area contributed by atoms with Gasteiger partial charge >= 0.3 is 0 Å². The van der Waals surface area contributed by atoms with Gasteiger partial charge in [-0.05, 0) is 68.6 Å². The molecule has 1 aliphatic rings. The van der Waals surface area contributed by atoms with Crippen LogP contribution in [0.4, 0.5) is 0 Å². The van der Waals surface area contributed by atoms with Gasteiger partial charge in [0.15, 0.2) is 17.1 Å². The highest BCUT2D eigenvalue weighted by Gasteiger charge is 2.24. The zero-order valence-corrected chi connectivity index (χ0v) is 17.4. The van der Waals surface area contributed by atoms with Crippen molar-refractivity contribution in [3.05, 3.63) is 53.7 Å². The van der Waals surface area contributed by atoms with Gasteiger partial charge in [0, 0.05) is 17.8 Å². The van der Waals surface area contributed by atoms with E-state index in [0.717, 1.165) is 68.1 Å². The highest BCUT2D eigenvalue weighted by atomic mass is 16.5. The molecule has 0 N–H and O–H groups in total. The summed E-state index contributed by atoms with van der Waals surface area (Å²) in [6.07, 6.45) is 4.26. The Kier molecular flexibility index (Phi) is 6.35. The summed E-state index contributed by atoms with van der Waals surface area (Å²) >= 11 is 0. The van der Waals surface area contributed by atoms with Crippen LogP contribution in [0.1, 0.15) is 43.4 Å². The summed E-state index contributed by atoms with van der Waals surface area (Å²) in [5.74, 6) is 2.15. The maximum atomic E-state index is 5.97. The number of fused-ring (bicyclic) bond motifs is 1. The minimum atomic E-state index is 0.493. The number of nitrogens with zero attached hydrogens (tertiary/aromatic N) is 2. The smallest absolute Gasteiger partial charge is 0.167 e. The minimum absolute atomic E-state index is 0.493. The highest BCUT2D eigenvalue weighted by molar-refractivity contribution is 5.79. The number of benzene rings is 2. The van der Waals surface area contributed by atoms with E-state index in [0.29, 0.717) is 12.5 Å². The van der Waals surface area contributed by atoms with Crippen LogP contribution < -0.4 is 9.47 Å². The molecule has 0 bridgehead atoms. The maximum Gasteiger partial charge on any atom is 0.167 e. The Morgan fingerprint density at radius 3 is 2.72 bits per heavy atom. The average molecular weight is 395 g/mol. The lowest BCUT2D eigenvalue weighted by Gasteiger charge is -2.31. The molecule has 0 radical (unpaired) electrons. The van der Waals surface area contributed by atoms with Crippen LogP contribution in [0.3, 0.4) is 0 Å². The molecule has 1 aliphatic heterocycles. The van der Waals surface area contributed by atoms with Crippen molar-refractivity contribution in [1.82, 2.24) is 10.1 Å². The van der Waals surface area contributed by atoms with Crippen molar-refractivity contribution in [2.75, 3.05) is 33.4 Å². The Labute approximate surface area is 172 Å². The second-order valence-corrected chi connectivity index (χ2v) is 7.72. The Hall–Kier alpha value is -2.53. The van der Waals surface area contributed by atoms with Crippen molar-refractivity contribution in [2.45, 2.75) is 38.5 Å². The Morgan fingerprint density at radius 2 is 1.93 bits per heavy atom. The molecule has 0 saturated carbocycles. The molecule has 1 aromatic heterocycles. The van der Waals surface area contributed by atoms with Crippen LogP contribution >= 0.6 is 0 Å². The lowest BCUT2D eigenvalue weighted by atomic mass is 9.91. The topological polar surface area (TPSA) is 47.7 Å². The van der Waals surface area contributed by atoms with E-state index in [1.54, 1.807) is 7.11 Å². The third-order valence-corrected chi connectivity index (χ3v) is 5.89. The van der Waals surface area contributed by atoms with Crippen molar-refractivity contribution in [1.29, 1.82) is 0 Å². The number of piperidine rings is 1. The zero-order chi connectivity index (χ0) is 20.1. The van der Waals surface area contributed by atoms with E-state index >= 15 is 0 Å². The van der Waals surface area contributed by atoms with Crippen molar-refractivity contribution in [3.63, 3.8) is 0 Å². The van der Waals surface area contributed by atoms with E-state index in [9.17, 15) is 0 Å². The van der Waals surface area contributed by atoms with Crippen molar-refractivity contribution in [3.8, 4) is 11.5 Å². The summed E-state index contributed by atoms with van der Waals surface area (Å²) in [6.45, 7) is 6.10. The predicted octanol–water partition coefficient (Wildman–Crippen LogP) is 5.05. The van der Waals surface area contributed by atoms with Gasteiger partial charge in [0.1, 0.15) is 0 Å². The second-order valence-electron chi connectivity index (χ2n) is 7.72. The molecule has 154 valence electrons. The van der Waals surface area contributed by atoms with E-state index in [1.165, 1.54) is 10.9 Å². The highest BCUT2D eigenvalue weighted by Crippen LogP contribution is 2.32. The number of ether oxygens (including phenoxy) is 2. The Bertz CT molecular complexity index is 929. The Balaban J connectivity index is 1.23. The molecule has 0 aliphatic carbocycles. The molecular weight excluding hydrogens is 364 g/mol. The number of hydrogen-bond acceptors (Lipinski definition) is 5. The van der Waals surface area contributed by atoms with E-state index in [1.807, 2.05) is 18.2 Å². The summed E-state index contributed by atoms with van der Waals surface area (Å²) < 4.78 is 16.9. The molecule has 0 atom stereocenters. The van der Waals surface area contributed by atoms with Gasteiger partial charge in [-0.15, -0.1) is 0 Å². The third kappa shape index (κ3) is 4.56. The number of aromatic nitrogens is 1. The minimum Gasteiger partial charge on any atom is -0.493 e. The number of para-hydroxylation sites is 1. The largest absolute Gasteiger partial charge is 0.493 e. The molecule has 3 aromatic rings. The molecule has 0 unspecified atom stereocenters. The fraction of sp³-hybridized carbons (Fsp3) is 0.458. The van der Waals surface area contributed by atoms with Gasteiger partial charge in [-0.25, -0.2) is 0 Å². The molecule has 29 heavy (non-hydrogen) atoms. The van der Waals surface area contributed by atoms with Gasteiger partial charge in [0.25, 0.3) is 0 Å². The number of aryl methyl sites for hydroxylation is 1. The lowest BCUT2D eigenvalue weighted by molar-refractivity contribution is 0.189. The molecular formula is C24H30N2O3. The summed E-state index contributed by atoms with van der Waals surface area (Å²) in [5.41, 5.74) is 3.28. The van der Waals surface area contributed by atoms with E-state index in [-0.39, 0.29) is 0 Å². The van der Waals surface area contributed by atoms with Gasteiger partial charge in [-0.3, -0.25) is 0 Å². The molecule has 2 aromatic carbocycles. The van der Waals surface area contributed by atoms with Crippen LogP contribution in [-0.2, 0) is 6.42 Å². The quantitative estimate of drug-likeness (QED) is 0.501. The van der Waals surface area contributed by atoms with E-state index in [4.69, 9.17) is 14.0 Å². The van der Waals surface area contributed by atoms with Gasteiger partial charge in [-0.2, -0.15) is 0 Å². The van der Waals surface area contributed by atoms with Gasteiger partial charge in [0.2, 0.25) is 0 Å². The van der Waals surface area contributed by atoms with Gasteiger partial charge in [0.05, 0.1) is 19.4 Å². The van der Waals surface area contributed by atoms with Crippen LogP contribution in [0.5, 0.6) is 11.5 Å². The van der Waals surface area contributed by atoms with Crippen LogP contribution in [-0.4, -0.2) is 43.4 Å². The SMILES string of the molecule is CCc1ccc(OCCCN2CCC(c3noc4ccccc34)CC2)c(OC)c1. The number of rotatable bonds is 8. The summed E-state index contributed by atoms with van der Waals surface area (Å²) in [6, 6.07) is 14.4. The lowest BCUT2D eigenvalue weighted by Crippen LogP contribution is -2.34. The zero-order valence-electron chi connectivity index (χ0n) is 17.4. The number of hydrogen-bond donors (Lipinski definition) is 0. The van der Waals surface area contributed by atoms with Crippen molar-refractivity contribution >= 4 is 11.0 Å². The fourth-order valence-electron chi connectivity index (χ4n) is 4.15. The second kappa shape index (κ2) is 9.31. The van der Waals surface area contributed by atoms with Gasteiger partial charge in [-0.1, -0.05) is 30.3 Å². The van der Waals surface area contributed by atoms with Crippen molar-refractivity contribution in [2.24, 2.45) is 0 Å². The summed E-state index contributed by atoms with van der Waals surface area (Å²) in [4.78, 5) is 2.53. The molecule has 4 rings (SSSR count). The molecule has 2 heterocycles. The monoisotopic (exact) mass is 394 g/mol. The van der Waals surface area contributed by atoms with Crippen LogP contribution in [0.25, 0.3) is 11.0 Å². The van der Waals surface area contributed by atoms with Gasteiger partial charge < -0.3 is 18.9 Å². The first-order chi connectivity index (χ1) is 14.3. The first-order valence-electron chi connectivity index (χ1n) is 10.6.